The highest BCUT2D eigenvalue weighted by Crippen LogP contribution is 2.29. The van der Waals surface area contributed by atoms with Crippen molar-refractivity contribution in [2.75, 3.05) is 5.32 Å². The van der Waals surface area contributed by atoms with Gasteiger partial charge in [0.15, 0.2) is 0 Å². The van der Waals surface area contributed by atoms with Gasteiger partial charge in [-0.1, -0.05) is 49.4 Å². The second-order valence-electron chi connectivity index (χ2n) is 6.21. The van der Waals surface area contributed by atoms with Gasteiger partial charge in [-0.3, -0.25) is 9.59 Å². The molecule has 0 saturated carbocycles. The van der Waals surface area contributed by atoms with E-state index in [-0.39, 0.29) is 18.2 Å². The molecule has 2 aromatic carbocycles. The maximum atomic E-state index is 12.8. The Labute approximate surface area is 142 Å². The molecule has 4 nitrogen and oxygen atoms in total. The van der Waals surface area contributed by atoms with Crippen LogP contribution in [0.2, 0.25) is 0 Å². The van der Waals surface area contributed by atoms with Gasteiger partial charge in [0.2, 0.25) is 5.91 Å². The summed E-state index contributed by atoms with van der Waals surface area (Å²) in [7, 11) is 0. The maximum Gasteiger partial charge on any atom is 0.304 e. The van der Waals surface area contributed by atoms with E-state index in [0.717, 1.165) is 22.4 Å². The number of carboxylic acids is 1. The Morgan fingerprint density at radius 3 is 2.38 bits per heavy atom. The molecule has 0 fully saturated rings. The Bertz CT molecular complexity index is 725. The number of aliphatic carboxylic acids is 1. The molecule has 2 N–H and O–H groups in total. The first kappa shape index (κ1) is 17.7. The van der Waals surface area contributed by atoms with Crippen LogP contribution in [0.5, 0.6) is 0 Å². The lowest BCUT2D eigenvalue weighted by Gasteiger charge is -2.23. The van der Waals surface area contributed by atoms with Crippen molar-refractivity contribution in [1.29, 1.82) is 0 Å². The van der Waals surface area contributed by atoms with Gasteiger partial charge in [-0.25, -0.2) is 0 Å². The summed E-state index contributed by atoms with van der Waals surface area (Å²) < 4.78 is 0. The number of carbonyl (C=O) groups excluding carboxylic acids is 1. The zero-order valence-electron chi connectivity index (χ0n) is 14.2. The van der Waals surface area contributed by atoms with E-state index in [1.165, 1.54) is 0 Å². The van der Waals surface area contributed by atoms with E-state index < -0.39 is 11.9 Å². The molecule has 0 aliphatic carbocycles. The normalized spacial score (nSPS) is 13.1. The first-order chi connectivity index (χ1) is 11.4. The number of hydrogen-bond donors (Lipinski definition) is 2. The molecular weight excluding hydrogens is 302 g/mol. The van der Waals surface area contributed by atoms with Crippen molar-refractivity contribution < 1.29 is 14.7 Å². The van der Waals surface area contributed by atoms with Gasteiger partial charge in [-0.15, -0.1) is 0 Å². The van der Waals surface area contributed by atoms with Crippen molar-refractivity contribution in [2.24, 2.45) is 5.92 Å². The minimum absolute atomic E-state index is 0.188. The molecular formula is C20H23NO3. The molecule has 2 aromatic rings. The smallest absolute Gasteiger partial charge is 0.304 e. The molecule has 0 saturated heterocycles. The van der Waals surface area contributed by atoms with Crippen molar-refractivity contribution in [3.05, 3.63) is 65.2 Å². The van der Waals surface area contributed by atoms with Gasteiger partial charge in [0.1, 0.15) is 0 Å². The molecule has 4 heteroatoms. The lowest BCUT2D eigenvalue weighted by Crippen LogP contribution is -2.29. The summed E-state index contributed by atoms with van der Waals surface area (Å²) in [5.41, 5.74) is 3.69. The lowest BCUT2D eigenvalue weighted by atomic mass is 9.84. The van der Waals surface area contributed by atoms with Crippen molar-refractivity contribution in [1.82, 2.24) is 0 Å². The Balaban J connectivity index is 2.25. The molecule has 126 valence electrons. The molecule has 0 spiro atoms. The third-order valence-corrected chi connectivity index (χ3v) is 4.31. The average molecular weight is 325 g/mol. The van der Waals surface area contributed by atoms with Crippen LogP contribution in [0.1, 0.15) is 36.0 Å². The predicted molar refractivity (Wildman–Crippen MR) is 95.1 cm³/mol. The molecule has 2 atom stereocenters. The highest BCUT2D eigenvalue weighted by Gasteiger charge is 2.29. The maximum absolute atomic E-state index is 12.8. The summed E-state index contributed by atoms with van der Waals surface area (Å²) in [5, 5.41) is 12.1. The predicted octanol–water partition coefficient (Wildman–Crippen LogP) is 4.14. The molecule has 0 radical (unpaired) electrons. The minimum Gasteiger partial charge on any atom is -0.481 e. The zero-order valence-corrected chi connectivity index (χ0v) is 14.2. The standard InChI is InChI=1S/C20H23NO3/c1-13-9-10-14(2)18(11-13)21-20(24)17(12-19(22)23)15(3)16-7-5-4-6-8-16/h4-11,15,17H,12H2,1-3H3,(H,21,24)(H,22,23)/t15-,17+/m1/s1. The van der Waals surface area contributed by atoms with Crippen LogP contribution in [0.4, 0.5) is 5.69 Å². The molecule has 0 aliphatic rings. The number of benzene rings is 2. The topological polar surface area (TPSA) is 66.4 Å². The molecule has 1 amide bonds. The zero-order chi connectivity index (χ0) is 17.7. The number of amides is 1. The highest BCUT2D eigenvalue weighted by molar-refractivity contribution is 5.95. The van der Waals surface area contributed by atoms with Crippen molar-refractivity contribution in [3.63, 3.8) is 0 Å². The number of carbonyl (C=O) groups is 2. The van der Waals surface area contributed by atoms with Crippen LogP contribution in [0.15, 0.2) is 48.5 Å². The number of carboxylic acid groups (broad SMARTS) is 1. The average Bonchev–Trinajstić information content (AvgIpc) is 2.56. The van der Waals surface area contributed by atoms with E-state index in [2.05, 4.69) is 5.32 Å². The van der Waals surface area contributed by atoms with Crippen LogP contribution < -0.4 is 5.32 Å². The monoisotopic (exact) mass is 325 g/mol. The van der Waals surface area contributed by atoms with Crippen LogP contribution in [0, 0.1) is 19.8 Å². The second-order valence-corrected chi connectivity index (χ2v) is 6.21. The van der Waals surface area contributed by atoms with Gasteiger partial charge in [0.25, 0.3) is 0 Å². The Morgan fingerprint density at radius 1 is 1.08 bits per heavy atom. The molecule has 0 aliphatic heterocycles. The third kappa shape index (κ3) is 4.44. The van der Waals surface area contributed by atoms with E-state index in [1.54, 1.807) is 0 Å². The first-order valence-electron chi connectivity index (χ1n) is 8.03. The van der Waals surface area contributed by atoms with Crippen LogP contribution in [-0.4, -0.2) is 17.0 Å². The fraction of sp³-hybridized carbons (Fsp3) is 0.300. The largest absolute Gasteiger partial charge is 0.481 e. The summed E-state index contributed by atoms with van der Waals surface area (Å²) in [6, 6.07) is 15.4. The Hall–Kier alpha value is -2.62. The highest BCUT2D eigenvalue weighted by atomic mass is 16.4. The molecule has 0 heterocycles. The second kappa shape index (κ2) is 7.77. The van der Waals surface area contributed by atoms with Crippen molar-refractivity contribution in [2.45, 2.75) is 33.1 Å². The van der Waals surface area contributed by atoms with E-state index in [1.807, 2.05) is 69.3 Å². The van der Waals surface area contributed by atoms with Crippen LogP contribution in [0.3, 0.4) is 0 Å². The van der Waals surface area contributed by atoms with Gasteiger partial charge < -0.3 is 10.4 Å². The van der Waals surface area contributed by atoms with E-state index in [9.17, 15) is 14.7 Å². The molecule has 24 heavy (non-hydrogen) atoms. The summed E-state index contributed by atoms with van der Waals surface area (Å²) in [4.78, 5) is 24.0. The van der Waals surface area contributed by atoms with Gasteiger partial charge in [0, 0.05) is 5.69 Å². The lowest BCUT2D eigenvalue weighted by molar-refractivity contribution is -0.140. The molecule has 2 rings (SSSR count). The SMILES string of the molecule is Cc1ccc(C)c(NC(=O)[C@@H](CC(=O)O)[C@H](C)c2ccccc2)c1. The fourth-order valence-electron chi connectivity index (χ4n) is 2.77. The van der Waals surface area contributed by atoms with Gasteiger partial charge in [0.05, 0.1) is 12.3 Å². The van der Waals surface area contributed by atoms with Crippen LogP contribution >= 0.6 is 0 Å². The number of rotatable bonds is 6. The first-order valence-corrected chi connectivity index (χ1v) is 8.03. The third-order valence-electron chi connectivity index (χ3n) is 4.31. The Kier molecular flexibility index (Phi) is 5.74. The quantitative estimate of drug-likeness (QED) is 0.839. The van der Waals surface area contributed by atoms with Gasteiger partial charge >= 0.3 is 5.97 Å². The summed E-state index contributed by atoms with van der Waals surface area (Å²) in [6.45, 7) is 5.77. The van der Waals surface area contributed by atoms with Crippen LogP contribution in [-0.2, 0) is 9.59 Å². The fourth-order valence-corrected chi connectivity index (χ4v) is 2.77. The van der Waals surface area contributed by atoms with Crippen molar-refractivity contribution in [3.8, 4) is 0 Å². The van der Waals surface area contributed by atoms with Crippen molar-refractivity contribution >= 4 is 17.6 Å². The number of hydrogen-bond acceptors (Lipinski definition) is 2. The van der Waals surface area contributed by atoms with Gasteiger partial charge in [-0.05, 0) is 42.5 Å². The van der Waals surface area contributed by atoms with E-state index in [0.29, 0.717) is 0 Å². The summed E-state index contributed by atoms with van der Waals surface area (Å²) in [5.74, 6) is -2.06. The number of nitrogens with one attached hydrogen (secondary N) is 1. The summed E-state index contributed by atoms with van der Waals surface area (Å²) in [6.07, 6.45) is -0.202. The Morgan fingerprint density at radius 2 is 1.75 bits per heavy atom. The van der Waals surface area contributed by atoms with Crippen LogP contribution in [0.25, 0.3) is 0 Å². The molecule has 0 aromatic heterocycles. The van der Waals surface area contributed by atoms with E-state index >= 15 is 0 Å². The molecule has 0 bridgehead atoms. The van der Waals surface area contributed by atoms with E-state index in [4.69, 9.17) is 0 Å². The number of anilines is 1. The van der Waals surface area contributed by atoms with Gasteiger partial charge in [-0.2, -0.15) is 0 Å². The minimum atomic E-state index is -0.973. The summed E-state index contributed by atoms with van der Waals surface area (Å²) >= 11 is 0. The molecule has 0 unspecified atom stereocenters. The number of aryl methyl sites for hydroxylation is 2.